The van der Waals surface area contributed by atoms with Gasteiger partial charge in [-0.2, -0.15) is 5.10 Å². The van der Waals surface area contributed by atoms with Gasteiger partial charge in [0.2, 0.25) is 5.16 Å². The van der Waals surface area contributed by atoms with E-state index in [0.717, 1.165) is 11.3 Å². The van der Waals surface area contributed by atoms with Crippen LogP contribution in [0.15, 0.2) is 35.6 Å². The zero-order chi connectivity index (χ0) is 10.7. The van der Waals surface area contributed by atoms with Crippen LogP contribution in [-0.2, 0) is 0 Å². The maximum Gasteiger partial charge on any atom is 0.209 e. The second-order valence-electron chi connectivity index (χ2n) is 3.19. The van der Waals surface area contributed by atoms with E-state index in [2.05, 4.69) is 34.2 Å². The first-order chi connectivity index (χ1) is 7.29. The van der Waals surface area contributed by atoms with E-state index in [-0.39, 0.29) is 0 Å². The van der Waals surface area contributed by atoms with Crippen LogP contribution in [0, 0.1) is 6.92 Å². The topological polar surface area (TPSA) is 38.7 Å². The quantitative estimate of drug-likeness (QED) is 0.725. The molecule has 0 aliphatic heterocycles. The average molecular weight is 217 g/mol. The summed E-state index contributed by atoms with van der Waals surface area (Å²) in [5.41, 5.74) is 3.19. The highest BCUT2D eigenvalue weighted by atomic mass is 32.2. The lowest BCUT2D eigenvalue weighted by molar-refractivity contribution is 0.846. The van der Waals surface area contributed by atoms with Gasteiger partial charge in [-0.1, -0.05) is 41.6 Å². The number of hydrogen-bond acceptors (Lipinski definition) is 4. The third-order valence-corrected chi connectivity index (χ3v) is 2.61. The van der Waals surface area contributed by atoms with Crippen LogP contribution in [0.2, 0.25) is 0 Å². The molecule has 0 aliphatic carbocycles. The van der Waals surface area contributed by atoms with Crippen molar-refractivity contribution in [2.24, 2.45) is 0 Å². The summed E-state index contributed by atoms with van der Waals surface area (Å²) in [6, 6.07) is 8.22. The van der Waals surface area contributed by atoms with Gasteiger partial charge in [0.1, 0.15) is 0 Å². The molecule has 76 valence electrons. The molecule has 2 rings (SSSR count). The maximum absolute atomic E-state index is 4.38. The minimum Gasteiger partial charge on any atom is -0.219 e. The predicted octanol–water partition coefficient (Wildman–Crippen LogP) is 2.57. The molecule has 1 aromatic carbocycles. The van der Waals surface area contributed by atoms with Gasteiger partial charge in [-0.25, -0.2) is 4.98 Å². The molecule has 0 bridgehead atoms. The summed E-state index contributed by atoms with van der Waals surface area (Å²) in [4.78, 5) is 4.38. The van der Waals surface area contributed by atoms with Crippen molar-refractivity contribution in [1.82, 2.24) is 15.2 Å². The number of benzene rings is 1. The minimum atomic E-state index is 0.702. The molecule has 1 heterocycles. The first kappa shape index (κ1) is 10.1. The number of aryl methyl sites for hydroxylation is 1. The van der Waals surface area contributed by atoms with Gasteiger partial charge < -0.3 is 0 Å². The Morgan fingerprint density at radius 3 is 2.53 bits per heavy atom. The van der Waals surface area contributed by atoms with E-state index in [1.54, 1.807) is 6.20 Å². The molecule has 4 heteroatoms. The van der Waals surface area contributed by atoms with Crippen LogP contribution in [0.3, 0.4) is 0 Å². The van der Waals surface area contributed by atoms with Crippen molar-refractivity contribution >= 4 is 11.8 Å². The van der Waals surface area contributed by atoms with E-state index in [1.165, 1.54) is 17.3 Å². The van der Waals surface area contributed by atoms with E-state index in [9.17, 15) is 0 Å². The molecule has 0 N–H and O–H groups in total. The fraction of sp³-hybridized carbons (Fsp3) is 0.182. The fourth-order valence-electron chi connectivity index (χ4n) is 1.24. The van der Waals surface area contributed by atoms with Gasteiger partial charge in [0.15, 0.2) is 0 Å². The molecule has 15 heavy (non-hydrogen) atoms. The lowest BCUT2D eigenvalue weighted by atomic mass is 10.1. The molecular weight excluding hydrogens is 206 g/mol. The summed E-state index contributed by atoms with van der Waals surface area (Å²) in [6.45, 7) is 2.06. The molecule has 2 aromatic rings. The molecule has 0 spiro atoms. The largest absolute Gasteiger partial charge is 0.219 e. The van der Waals surface area contributed by atoms with Crippen LogP contribution < -0.4 is 0 Å². The van der Waals surface area contributed by atoms with Crippen LogP contribution in [0.4, 0.5) is 0 Å². The Morgan fingerprint density at radius 1 is 1.13 bits per heavy atom. The summed E-state index contributed by atoms with van der Waals surface area (Å²) >= 11 is 1.50. The van der Waals surface area contributed by atoms with Crippen LogP contribution in [-0.4, -0.2) is 21.4 Å². The van der Waals surface area contributed by atoms with E-state index in [0.29, 0.717) is 5.16 Å². The highest BCUT2D eigenvalue weighted by Crippen LogP contribution is 2.18. The Morgan fingerprint density at radius 2 is 1.87 bits per heavy atom. The molecule has 0 radical (unpaired) electrons. The van der Waals surface area contributed by atoms with Gasteiger partial charge in [-0.05, 0) is 13.2 Å². The molecular formula is C11H11N3S. The highest BCUT2D eigenvalue weighted by molar-refractivity contribution is 7.98. The summed E-state index contributed by atoms with van der Waals surface area (Å²) in [5, 5.41) is 8.53. The lowest BCUT2D eigenvalue weighted by Crippen LogP contribution is -1.92. The monoisotopic (exact) mass is 217 g/mol. The molecule has 0 atom stereocenters. The fourth-order valence-corrected chi connectivity index (χ4v) is 1.56. The lowest BCUT2D eigenvalue weighted by Gasteiger charge is -2.01. The van der Waals surface area contributed by atoms with Crippen LogP contribution in [0.1, 0.15) is 5.56 Å². The third-order valence-electron chi connectivity index (χ3n) is 2.07. The Labute approximate surface area is 93.0 Å². The minimum absolute atomic E-state index is 0.702. The third kappa shape index (κ3) is 2.33. The van der Waals surface area contributed by atoms with Crippen LogP contribution in [0.5, 0.6) is 0 Å². The standard InChI is InChI=1S/C11H11N3S/c1-8-3-5-9(6-4-8)10-7-12-14-11(13-10)15-2/h3-7H,1-2H3. The van der Waals surface area contributed by atoms with Crippen molar-refractivity contribution in [2.75, 3.05) is 6.26 Å². The Balaban J connectivity index is 2.40. The van der Waals surface area contributed by atoms with Crippen molar-refractivity contribution in [3.8, 4) is 11.3 Å². The number of hydrogen-bond donors (Lipinski definition) is 0. The predicted molar refractivity (Wildman–Crippen MR) is 61.8 cm³/mol. The molecule has 0 unspecified atom stereocenters. The molecule has 0 amide bonds. The second kappa shape index (κ2) is 4.40. The van der Waals surface area contributed by atoms with Gasteiger partial charge in [-0.15, -0.1) is 5.10 Å². The maximum atomic E-state index is 4.38. The molecule has 1 aromatic heterocycles. The van der Waals surface area contributed by atoms with Crippen molar-refractivity contribution in [3.05, 3.63) is 36.0 Å². The van der Waals surface area contributed by atoms with Crippen LogP contribution in [0.25, 0.3) is 11.3 Å². The van der Waals surface area contributed by atoms with Crippen molar-refractivity contribution in [1.29, 1.82) is 0 Å². The van der Waals surface area contributed by atoms with E-state index in [1.807, 2.05) is 18.4 Å². The van der Waals surface area contributed by atoms with Gasteiger partial charge in [0, 0.05) is 5.56 Å². The molecule has 0 saturated carbocycles. The Kier molecular flexibility index (Phi) is 2.97. The first-order valence-corrected chi connectivity index (χ1v) is 5.83. The van der Waals surface area contributed by atoms with E-state index >= 15 is 0 Å². The van der Waals surface area contributed by atoms with Crippen LogP contribution >= 0.6 is 11.8 Å². The summed E-state index contributed by atoms with van der Waals surface area (Å²) in [7, 11) is 0. The molecule has 0 aliphatic rings. The normalized spacial score (nSPS) is 10.3. The van der Waals surface area contributed by atoms with Gasteiger partial charge in [0.25, 0.3) is 0 Å². The zero-order valence-corrected chi connectivity index (χ0v) is 9.45. The van der Waals surface area contributed by atoms with Gasteiger partial charge >= 0.3 is 0 Å². The summed E-state index contributed by atoms with van der Waals surface area (Å²) < 4.78 is 0. The smallest absolute Gasteiger partial charge is 0.209 e. The zero-order valence-electron chi connectivity index (χ0n) is 8.64. The van der Waals surface area contributed by atoms with Crippen molar-refractivity contribution in [3.63, 3.8) is 0 Å². The number of thioether (sulfide) groups is 1. The van der Waals surface area contributed by atoms with Gasteiger partial charge in [0.05, 0.1) is 11.9 Å². The summed E-state index contributed by atoms with van der Waals surface area (Å²) in [5.74, 6) is 0. The average Bonchev–Trinajstić information content (AvgIpc) is 2.30. The van der Waals surface area contributed by atoms with E-state index in [4.69, 9.17) is 0 Å². The number of aromatic nitrogens is 3. The second-order valence-corrected chi connectivity index (χ2v) is 3.97. The highest BCUT2D eigenvalue weighted by Gasteiger charge is 2.01. The Hall–Kier alpha value is -1.42. The molecule has 0 fully saturated rings. The van der Waals surface area contributed by atoms with Crippen molar-refractivity contribution in [2.45, 2.75) is 12.1 Å². The first-order valence-electron chi connectivity index (χ1n) is 4.60. The van der Waals surface area contributed by atoms with Crippen molar-refractivity contribution < 1.29 is 0 Å². The number of nitrogens with zero attached hydrogens (tertiary/aromatic N) is 3. The number of rotatable bonds is 2. The van der Waals surface area contributed by atoms with Gasteiger partial charge in [-0.3, -0.25) is 0 Å². The summed E-state index contributed by atoms with van der Waals surface area (Å²) in [6.07, 6.45) is 3.63. The Bertz CT molecular complexity index is 454. The molecule has 3 nitrogen and oxygen atoms in total. The molecule has 0 saturated heterocycles. The SMILES string of the molecule is CSc1nncc(-c2ccc(C)cc2)n1. The van der Waals surface area contributed by atoms with E-state index < -0.39 is 0 Å².